The van der Waals surface area contributed by atoms with Crippen molar-refractivity contribution >= 4 is 17.8 Å². The fourth-order valence-corrected chi connectivity index (χ4v) is 4.96. The lowest BCUT2D eigenvalue weighted by atomic mass is 9.85. The largest absolute Gasteiger partial charge is 0.481 e. The molecular weight excluding hydrogens is 520 g/mol. The Balaban J connectivity index is 2.19. The maximum atomic E-state index is 12.8. The quantitative estimate of drug-likeness (QED) is 0.107. The lowest BCUT2D eigenvalue weighted by Crippen LogP contribution is -2.57. The van der Waals surface area contributed by atoms with Gasteiger partial charge in [-0.25, -0.2) is 0 Å². The van der Waals surface area contributed by atoms with Gasteiger partial charge in [0.15, 0.2) is 5.79 Å². The molecule has 8 heteroatoms. The van der Waals surface area contributed by atoms with Crippen LogP contribution >= 0.6 is 0 Å². The Kier molecular flexibility index (Phi) is 18.1. The lowest BCUT2D eigenvalue weighted by Gasteiger charge is -2.44. The Labute approximate surface area is 250 Å². The predicted molar refractivity (Wildman–Crippen MR) is 165 cm³/mol. The van der Waals surface area contributed by atoms with Gasteiger partial charge in [0.25, 0.3) is 0 Å². The van der Waals surface area contributed by atoms with Crippen molar-refractivity contribution in [3.05, 3.63) is 12.2 Å². The molecule has 2 N–H and O–H groups in total. The highest BCUT2D eigenvalue weighted by Crippen LogP contribution is 2.34. The number of ether oxygens (including phenoxy) is 2. The Morgan fingerprint density at radius 1 is 0.927 bits per heavy atom. The molecule has 0 saturated carbocycles. The van der Waals surface area contributed by atoms with Gasteiger partial charge in [-0.1, -0.05) is 84.3 Å². The molecule has 0 bridgehead atoms. The van der Waals surface area contributed by atoms with E-state index in [0.29, 0.717) is 19.6 Å². The zero-order chi connectivity index (χ0) is 30.7. The zero-order valence-electron chi connectivity index (χ0n) is 27.0. The van der Waals surface area contributed by atoms with Gasteiger partial charge in [0, 0.05) is 32.0 Å². The van der Waals surface area contributed by atoms with E-state index in [1.165, 1.54) is 57.8 Å². The van der Waals surface area contributed by atoms with Crippen LogP contribution in [-0.2, 0) is 23.9 Å². The molecule has 8 nitrogen and oxygen atoms in total. The number of allylic oxidation sites excluding steroid dienone is 2. The molecule has 1 fully saturated rings. The molecule has 1 aliphatic heterocycles. The lowest BCUT2D eigenvalue weighted by molar-refractivity contribution is -0.304. The van der Waals surface area contributed by atoms with Gasteiger partial charge in [0.1, 0.15) is 6.10 Å². The average Bonchev–Trinajstić information content (AvgIpc) is 2.91. The molecule has 0 spiro atoms. The van der Waals surface area contributed by atoms with Crippen LogP contribution in [0.1, 0.15) is 131 Å². The monoisotopic (exact) mass is 580 g/mol. The zero-order valence-corrected chi connectivity index (χ0v) is 27.0. The van der Waals surface area contributed by atoms with Crippen LogP contribution in [0.25, 0.3) is 0 Å². The summed E-state index contributed by atoms with van der Waals surface area (Å²) in [6, 6.07) is 0. The number of hydrogen-bond acceptors (Lipinski definition) is 5. The molecule has 1 aliphatic rings. The van der Waals surface area contributed by atoms with E-state index in [9.17, 15) is 19.5 Å². The summed E-state index contributed by atoms with van der Waals surface area (Å²) < 4.78 is 11.5. The number of rotatable bonds is 22. The van der Waals surface area contributed by atoms with E-state index in [1.807, 2.05) is 13.8 Å². The third-order valence-electron chi connectivity index (χ3n) is 7.90. The third kappa shape index (κ3) is 16.3. The van der Waals surface area contributed by atoms with Crippen molar-refractivity contribution in [2.24, 2.45) is 11.3 Å². The van der Waals surface area contributed by atoms with Crippen LogP contribution in [0.15, 0.2) is 12.2 Å². The average molecular weight is 581 g/mol. The van der Waals surface area contributed by atoms with Crippen LogP contribution in [0.5, 0.6) is 0 Å². The maximum Gasteiger partial charge on any atom is 0.308 e. The van der Waals surface area contributed by atoms with Crippen molar-refractivity contribution < 1.29 is 29.0 Å². The van der Waals surface area contributed by atoms with Crippen molar-refractivity contribution in [2.75, 3.05) is 26.7 Å². The molecule has 1 rings (SSSR count). The number of carbonyl (C=O) groups excluding carboxylic acids is 2. The summed E-state index contributed by atoms with van der Waals surface area (Å²) in [5.41, 5.74) is -0.533. The van der Waals surface area contributed by atoms with Crippen LogP contribution in [-0.4, -0.2) is 66.4 Å². The number of nitrogens with zero attached hydrogens (tertiary/aromatic N) is 1. The summed E-state index contributed by atoms with van der Waals surface area (Å²) >= 11 is 0. The summed E-state index contributed by atoms with van der Waals surface area (Å²) in [4.78, 5) is 38.8. The van der Waals surface area contributed by atoms with Crippen molar-refractivity contribution in [3.8, 4) is 0 Å². The topological polar surface area (TPSA) is 105 Å². The minimum absolute atomic E-state index is 0.0122. The fourth-order valence-electron chi connectivity index (χ4n) is 4.96. The van der Waals surface area contributed by atoms with E-state index >= 15 is 0 Å². The van der Waals surface area contributed by atoms with E-state index in [4.69, 9.17) is 9.47 Å². The minimum atomic E-state index is -0.990. The summed E-state index contributed by atoms with van der Waals surface area (Å²) in [5.74, 6) is -2.96. The second-order valence-electron chi connectivity index (χ2n) is 12.9. The van der Waals surface area contributed by atoms with Crippen molar-refractivity contribution in [1.29, 1.82) is 0 Å². The number of amides is 2. The van der Waals surface area contributed by atoms with Gasteiger partial charge in [-0.3, -0.25) is 14.4 Å². The van der Waals surface area contributed by atoms with E-state index in [1.54, 1.807) is 25.8 Å². The molecule has 41 heavy (non-hydrogen) atoms. The molecule has 0 aromatic rings. The summed E-state index contributed by atoms with van der Waals surface area (Å²) in [7, 11) is 1.72. The van der Waals surface area contributed by atoms with Crippen molar-refractivity contribution in [3.63, 3.8) is 0 Å². The van der Waals surface area contributed by atoms with Crippen LogP contribution in [0.2, 0.25) is 0 Å². The normalized spacial score (nSPS) is 18.7. The number of unbranched alkanes of at least 4 members (excludes halogenated alkanes) is 11. The van der Waals surface area contributed by atoms with Gasteiger partial charge in [0.05, 0.1) is 12.5 Å². The number of aliphatic carboxylic acids is 1. The number of carboxylic acid groups (broad SMARTS) is 1. The van der Waals surface area contributed by atoms with Crippen LogP contribution in [0.4, 0.5) is 0 Å². The Hall–Kier alpha value is -1.93. The van der Waals surface area contributed by atoms with Gasteiger partial charge in [-0.15, -0.1) is 0 Å². The number of carbonyl (C=O) groups is 3. The molecule has 238 valence electrons. The first kappa shape index (κ1) is 37.1. The number of nitrogens with one attached hydrogen (secondary N) is 1. The SMILES string of the molecule is CCCCCCCCC=CCCCCCCCC(=O)N(C)CCC(CNC(=O)C1OC(C)(C)OCC1(C)C)C(=O)O. The number of hydrogen-bond donors (Lipinski definition) is 2. The predicted octanol–water partition coefficient (Wildman–Crippen LogP) is 6.87. The second-order valence-corrected chi connectivity index (χ2v) is 12.9. The Morgan fingerprint density at radius 2 is 1.49 bits per heavy atom. The first-order valence-electron chi connectivity index (χ1n) is 16.1. The highest BCUT2D eigenvalue weighted by molar-refractivity contribution is 5.82. The molecule has 2 amide bonds. The Bertz CT molecular complexity index is 795. The van der Waals surface area contributed by atoms with E-state index in [0.717, 1.165) is 25.7 Å². The minimum Gasteiger partial charge on any atom is -0.481 e. The molecule has 0 aromatic carbocycles. The van der Waals surface area contributed by atoms with Crippen molar-refractivity contribution in [1.82, 2.24) is 10.2 Å². The summed E-state index contributed by atoms with van der Waals surface area (Å²) in [6.45, 7) is 10.2. The van der Waals surface area contributed by atoms with Crippen LogP contribution in [0.3, 0.4) is 0 Å². The van der Waals surface area contributed by atoms with E-state index < -0.39 is 29.2 Å². The molecule has 0 radical (unpaired) electrons. The molecule has 0 aliphatic carbocycles. The summed E-state index contributed by atoms with van der Waals surface area (Å²) in [5, 5.41) is 12.4. The van der Waals surface area contributed by atoms with Gasteiger partial charge in [0.2, 0.25) is 11.8 Å². The Morgan fingerprint density at radius 3 is 2.07 bits per heavy atom. The molecule has 1 heterocycles. The summed E-state index contributed by atoms with van der Waals surface area (Å²) in [6.07, 6.45) is 20.5. The van der Waals surface area contributed by atoms with E-state index in [2.05, 4.69) is 24.4 Å². The van der Waals surface area contributed by atoms with Crippen molar-refractivity contribution in [2.45, 2.75) is 143 Å². The fraction of sp³-hybridized carbons (Fsp3) is 0.848. The third-order valence-corrected chi connectivity index (χ3v) is 7.90. The highest BCUT2D eigenvalue weighted by Gasteiger charge is 2.45. The van der Waals surface area contributed by atoms with Crippen LogP contribution < -0.4 is 5.32 Å². The first-order valence-corrected chi connectivity index (χ1v) is 16.1. The maximum absolute atomic E-state index is 12.8. The van der Waals surface area contributed by atoms with Gasteiger partial charge < -0.3 is 24.8 Å². The molecular formula is C33H60N2O6. The van der Waals surface area contributed by atoms with Crippen LogP contribution in [0, 0.1) is 11.3 Å². The van der Waals surface area contributed by atoms with Gasteiger partial charge in [-0.05, 0) is 52.4 Å². The van der Waals surface area contributed by atoms with E-state index in [-0.39, 0.29) is 24.8 Å². The van der Waals surface area contributed by atoms with Gasteiger partial charge >= 0.3 is 5.97 Å². The first-order chi connectivity index (χ1) is 19.4. The standard InChI is InChI=1S/C33H60N2O6/c1-7-8-9-10-11-12-13-14-15-16-17-18-19-20-21-22-28(36)35(6)24-23-27(31(38)39)25-34-30(37)29-32(2,3)26-40-33(4,5)41-29/h14-15,27,29H,7-13,16-26H2,1-6H3,(H,34,37)(H,38,39). The molecule has 2 atom stereocenters. The molecule has 1 saturated heterocycles. The second kappa shape index (κ2) is 20.1. The molecule has 2 unspecified atom stereocenters. The molecule has 0 aromatic heterocycles. The highest BCUT2D eigenvalue weighted by atomic mass is 16.7. The smallest absolute Gasteiger partial charge is 0.308 e. The number of carboxylic acids is 1. The van der Waals surface area contributed by atoms with Gasteiger partial charge in [-0.2, -0.15) is 0 Å².